The van der Waals surface area contributed by atoms with E-state index >= 15 is 0 Å². The maximum absolute atomic E-state index is 12.6. The van der Waals surface area contributed by atoms with Crippen molar-refractivity contribution in [2.24, 2.45) is 7.05 Å². The summed E-state index contributed by atoms with van der Waals surface area (Å²) in [4.78, 5) is 27.9. The average molecular weight is 386 g/mol. The molecule has 3 heterocycles. The quantitative estimate of drug-likeness (QED) is 0.621. The van der Waals surface area contributed by atoms with Crippen LogP contribution in [0.4, 0.5) is 0 Å². The van der Waals surface area contributed by atoms with Crippen molar-refractivity contribution in [2.45, 2.75) is 5.79 Å². The van der Waals surface area contributed by atoms with Crippen LogP contribution in [0.2, 0.25) is 0 Å². The lowest BCUT2D eigenvalue weighted by atomic mass is 10.1. The summed E-state index contributed by atoms with van der Waals surface area (Å²) in [6, 6.07) is 0. The fraction of sp³-hybridized carbons (Fsp3) is 0.667. The van der Waals surface area contributed by atoms with E-state index in [4.69, 9.17) is 9.47 Å². The summed E-state index contributed by atoms with van der Waals surface area (Å²) >= 11 is 0. The second-order valence-electron chi connectivity index (χ2n) is 6.62. The molecule has 1 spiro atoms. The second-order valence-corrected chi connectivity index (χ2v) is 8.76. The Bertz CT molecular complexity index is 803. The van der Waals surface area contributed by atoms with Gasteiger partial charge in [-0.15, -0.1) is 0 Å². The number of hydrogen-bond acceptors (Lipinski definition) is 7. The molecule has 0 aliphatic carbocycles. The van der Waals surface area contributed by atoms with Crippen LogP contribution >= 0.6 is 0 Å². The van der Waals surface area contributed by atoms with Crippen LogP contribution in [0.25, 0.3) is 0 Å². The van der Waals surface area contributed by atoms with E-state index in [0.717, 1.165) is 6.26 Å². The van der Waals surface area contributed by atoms with Crippen LogP contribution in [0.3, 0.4) is 0 Å². The highest BCUT2D eigenvalue weighted by Crippen LogP contribution is 2.25. The molecule has 26 heavy (non-hydrogen) atoms. The van der Waals surface area contributed by atoms with Gasteiger partial charge < -0.3 is 19.3 Å². The van der Waals surface area contributed by atoms with E-state index in [-0.39, 0.29) is 38.8 Å². The third-order valence-electron chi connectivity index (χ3n) is 4.29. The minimum atomic E-state index is -3.42. The SMILES string of the molecule is Cn1cc(C(=O)N2CCOC3(CN(C(=O)CS(C)(=O)=O)CCO3)C2)cn1. The molecule has 0 radical (unpaired) electrons. The van der Waals surface area contributed by atoms with Crippen molar-refractivity contribution in [1.29, 1.82) is 0 Å². The number of morpholine rings is 2. The molecule has 0 saturated carbocycles. The molecule has 11 heteroatoms. The molecular formula is C15H22N4O6S. The van der Waals surface area contributed by atoms with Crippen molar-refractivity contribution in [3.8, 4) is 0 Å². The lowest BCUT2D eigenvalue weighted by Gasteiger charge is -2.47. The smallest absolute Gasteiger partial charge is 0.257 e. The van der Waals surface area contributed by atoms with E-state index in [1.165, 1.54) is 11.1 Å². The third-order valence-corrected chi connectivity index (χ3v) is 5.06. The van der Waals surface area contributed by atoms with Gasteiger partial charge in [-0.05, 0) is 0 Å². The number of hydrogen-bond donors (Lipinski definition) is 0. The van der Waals surface area contributed by atoms with E-state index in [9.17, 15) is 18.0 Å². The third kappa shape index (κ3) is 4.22. The summed E-state index contributed by atoms with van der Waals surface area (Å²) in [5.41, 5.74) is 0.463. The van der Waals surface area contributed by atoms with Gasteiger partial charge in [-0.2, -0.15) is 5.10 Å². The summed E-state index contributed by atoms with van der Waals surface area (Å²) in [5, 5.41) is 4.00. The van der Waals surface area contributed by atoms with E-state index in [0.29, 0.717) is 12.1 Å². The topological polar surface area (TPSA) is 111 Å². The first-order valence-corrected chi connectivity index (χ1v) is 10.2. The first-order chi connectivity index (χ1) is 12.2. The highest BCUT2D eigenvalue weighted by Gasteiger charge is 2.44. The number of amides is 2. The Morgan fingerprint density at radius 3 is 2.38 bits per heavy atom. The fourth-order valence-corrected chi connectivity index (χ4v) is 3.74. The zero-order valence-corrected chi connectivity index (χ0v) is 15.6. The lowest BCUT2D eigenvalue weighted by molar-refractivity contribution is -0.284. The average Bonchev–Trinajstić information content (AvgIpc) is 2.99. The Labute approximate surface area is 151 Å². The van der Waals surface area contributed by atoms with Crippen molar-refractivity contribution >= 4 is 21.7 Å². The summed E-state index contributed by atoms with van der Waals surface area (Å²) in [5.74, 6) is -2.37. The molecule has 10 nitrogen and oxygen atoms in total. The summed E-state index contributed by atoms with van der Waals surface area (Å²) < 4.78 is 35.8. The van der Waals surface area contributed by atoms with Crippen LogP contribution < -0.4 is 0 Å². The van der Waals surface area contributed by atoms with Crippen molar-refractivity contribution in [3.63, 3.8) is 0 Å². The minimum Gasteiger partial charge on any atom is -0.345 e. The zero-order chi connectivity index (χ0) is 18.9. The molecular weight excluding hydrogens is 364 g/mol. The number of rotatable bonds is 3. The molecule has 2 aliphatic heterocycles. The van der Waals surface area contributed by atoms with Gasteiger partial charge in [0.15, 0.2) is 9.84 Å². The van der Waals surface area contributed by atoms with Crippen LogP contribution in [0, 0.1) is 0 Å². The van der Waals surface area contributed by atoms with Crippen LogP contribution in [0.15, 0.2) is 12.4 Å². The number of aryl methyl sites for hydroxylation is 1. The maximum atomic E-state index is 12.6. The number of carbonyl (C=O) groups excluding carboxylic acids is 2. The number of ether oxygens (including phenoxy) is 2. The van der Waals surface area contributed by atoms with Gasteiger partial charge in [0.05, 0.1) is 38.1 Å². The normalized spacial score (nSPS) is 24.1. The summed E-state index contributed by atoms with van der Waals surface area (Å²) in [6.45, 7) is 1.40. The molecule has 1 atom stereocenters. The monoisotopic (exact) mass is 386 g/mol. The van der Waals surface area contributed by atoms with Crippen LogP contribution in [0.1, 0.15) is 10.4 Å². The van der Waals surface area contributed by atoms with Crippen LogP contribution in [-0.4, -0.2) is 97.0 Å². The zero-order valence-electron chi connectivity index (χ0n) is 14.8. The predicted molar refractivity (Wildman–Crippen MR) is 90.0 cm³/mol. The minimum absolute atomic E-state index is 0.0815. The van der Waals surface area contributed by atoms with E-state index in [1.807, 2.05) is 0 Å². The maximum Gasteiger partial charge on any atom is 0.257 e. The number of carbonyl (C=O) groups is 2. The molecule has 0 bridgehead atoms. The van der Waals surface area contributed by atoms with Gasteiger partial charge >= 0.3 is 0 Å². The molecule has 144 valence electrons. The van der Waals surface area contributed by atoms with Gasteiger partial charge in [0, 0.05) is 32.6 Å². The van der Waals surface area contributed by atoms with E-state index in [2.05, 4.69) is 5.10 Å². The molecule has 1 aromatic rings. The number of aromatic nitrogens is 2. The number of sulfone groups is 1. The molecule has 2 fully saturated rings. The van der Waals surface area contributed by atoms with Crippen molar-refractivity contribution in [3.05, 3.63) is 18.0 Å². The Morgan fingerprint density at radius 1 is 1.19 bits per heavy atom. The van der Waals surface area contributed by atoms with Crippen LogP contribution in [0.5, 0.6) is 0 Å². The molecule has 0 aromatic carbocycles. The molecule has 1 unspecified atom stereocenters. The van der Waals surface area contributed by atoms with Crippen molar-refractivity contribution in [1.82, 2.24) is 19.6 Å². The van der Waals surface area contributed by atoms with Gasteiger partial charge in [-0.3, -0.25) is 14.3 Å². The first-order valence-electron chi connectivity index (χ1n) is 8.19. The summed E-state index contributed by atoms with van der Waals surface area (Å²) in [7, 11) is -1.69. The Kier molecular flexibility index (Phi) is 5.04. The van der Waals surface area contributed by atoms with Crippen molar-refractivity contribution in [2.75, 3.05) is 51.4 Å². The molecule has 2 saturated heterocycles. The number of nitrogens with zero attached hydrogens (tertiary/aromatic N) is 4. The Balaban J connectivity index is 1.70. The largest absolute Gasteiger partial charge is 0.345 e. The van der Waals surface area contributed by atoms with Gasteiger partial charge in [0.25, 0.3) is 5.91 Å². The first kappa shape index (κ1) is 18.8. The van der Waals surface area contributed by atoms with Crippen molar-refractivity contribution < 1.29 is 27.5 Å². The van der Waals surface area contributed by atoms with Gasteiger partial charge in [-0.25, -0.2) is 8.42 Å². The van der Waals surface area contributed by atoms with E-state index in [1.54, 1.807) is 22.8 Å². The molecule has 1 aromatic heterocycles. The Morgan fingerprint density at radius 2 is 1.81 bits per heavy atom. The van der Waals surface area contributed by atoms with Crippen LogP contribution in [-0.2, 0) is 31.2 Å². The van der Waals surface area contributed by atoms with Gasteiger partial charge in [0.1, 0.15) is 5.75 Å². The molecule has 3 rings (SSSR count). The van der Waals surface area contributed by atoms with E-state index < -0.39 is 27.3 Å². The summed E-state index contributed by atoms with van der Waals surface area (Å²) in [6.07, 6.45) is 4.15. The highest BCUT2D eigenvalue weighted by molar-refractivity contribution is 7.91. The highest BCUT2D eigenvalue weighted by atomic mass is 32.2. The second kappa shape index (κ2) is 6.97. The van der Waals surface area contributed by atoms with Gasteiger partial charge in [-0.1, -0.05) is 0 Å². The standard InChI is InChI=1S/C15H22N4O6S/c1-17-8-12(7-16-17)14(21)19-4-6-25-15(11-19)10-18(3-5-24-15)13(20)9-26(2,22)23/h7-8H,3-6,9-11H2,1-2H3. The van der Waals surface area contributed by atoms with Gasteiger partial charge in [0.2, 0.25) is 11.7 Å². The Hall–Kier alpha value is -1.98. The predicted octanol–water partition coefficient (Wildman–Crippen LogP) is -1.51. The lowest BCUT2D eigenvalue weighted by Crippen LogP contribution is -2.64. The molecule has 2 aliphatic rings. The molecule has 0 N–H and O–H groups in total. The fourth-order valence-electron chi connectivity index (χ4n) is 3.11. The molecule has 2 amide bonds.